The van der Waals surface area contributed by atoms with Gasteiger partial charge in [-0.2, -0.15) is 0 Å². The highest BCUT2D eigenvalue weighted by atomic mass is 16.3. The molecule has 0 aromatic heterocycles. The largest absolute Gasteiger partial charge is 0.508 e. The molecule has 0 bridgehead atoms. The van der Waals surface area contributed by atoms with Crippen molar-refractivity contribution in [3.63, 3.8) is 0 Å². The number of nitrogens with one attached hydrogen (secondary N) is 2. The number of phenols is 1. The molecule has 1 aromatic carbocycles. The predicted molar refractivity (Wildman–Crippen MR) is 125 cm³/mol. The van der Waals surface area contributed by atoms with Crippen LogP contribution in [0.3, 0.4) is 0 Å². The van der Waals surface area contributed by atoms with Crippen LogP contribution in [0.15, 0.2) is 36.4 Å². The predicted octanol–water partition coefficient (Wildman–Crippen LogP) is 7.55. The number of benzene rings is 1. The summed E-state index contributed by atoms with van der Waals surface area (Å²) in [6, 6.07) is 6.28. The van der Waals surface area contributed by atoms with E-state index in [4.69, 9.17) is 0 Å². The molecule has 0 aliphatic rings. The minimum atomic E-state index is -0.191. The van der Waals surface area contributed by atoms with Crippen LogP contribution in [0.5, 0.6) is 5.75 Å². The van der Waals surface area contributed by atoms with Gasteiger partial charge in [0.05, 0.1) is 0 Å². The van der Waals surface area contributed by atoms with Crippen molar-refractivity contribution < 1.29 is 9.90 Å². The van der Waals surface area contributed by atoms with E-state index in [2.05, 4.69) is 29.7 Å². The van der Waals surface area contributed by atoms with Crippen LogP contribution >= 0.6 is 0 Å². The maximum atomic E-state index is 11.8. The highest BCUT2D eigenvalue weighted by Gasteiger charge is 2.00. The van der Waals surface area contributed by atoms with Crippen LogP contribution in [-0.2, 0) is 0 Å². The van der Waals surface area contributed by atoms with E-state index in [0.717, 1.165) is 12.8 Å². The standard InChI is InChI=1S/C25H42N2O2/c1-2-3-4-5-6-7-8-9-10-11-12-13-14-15-16-17-22-26-25(29)27-23-18-20-24(28)21-19-23/h9-10,18-21,28H,2-8,11-17,22H2,1H3,(H2,26,27,29). The third-order valence-electron chi connectivity index (χ3n) is 5.10. The molecule has 2 amide bonds. The van der Waals surface area contributed by atoms with Gasteiger partial charge in [-0.25, -0.2) is 4.79 Å². The normalized spacial score (nSPS) is 11.1. The first-order chi connectivity index (χ1) is 14.2. The Bertz CT molecular complexity index is 540. The van der Waals surface area contributed by atoms with Crippen molar-refractivity contribution in [3.8, 4) is 5.75 Å². The first kappa shape index (κ1) is 25.1. The maximum Gasteiger partial charge on any atom is 0.319 e. The van der Waals surface area contributed by atoms with E-state index in [0.29, 0.717) is 12.2 Å². The molecular weight excluding hydrogens is 360 g/mol. The number of amides is 2. The number of hydrogen-bond donors (Lipinski definition) is 3. The molecule has 0 fully saturated rings. The van der Waals surface area contributed by atoms with Crippen molar-refractivity contribution in [1.82, 2.24) is 5.32 Å². The molecule has 0 heterocycles. The number of urea groups is 1. The molecule has 29 heavy (non-hydrogen) atoms. The molecule has 1 rings (SSSR count). The van der Waals surface area contributed by atoms with Crippen LogP contribution < -0.4 is 10.6 Å². The second-order valence-electron chi connectivity index (χ2n) is 7.87. The fourth-order valence-electron chi connectivity index (χ4n) is 3.29. The van der Waals surface area contributed by atoms with Gasteiger partial charge in [-0.1, -0.05) is 76.9 Å². The van der Waals surface area contributed by atoms with Crippen LogP contribution in [-0.4, -0.2) is 17.7 Å². The Morgan fingerprint density at radius 2 is 1.31 bits per heavy atom. The lowest BCUT2D eigenvalue weighted by atomic mass is 10.1. The third-order valence-corrected chi connectivity index (χ3v) is 5.10. The molecule has 3 N–H and O–H groups in total. The molecule has 0 atom stereocenters. The SMILES string of the molecule is CCCCCCCCC=CCCCCCCCCNC(=O)Nc1ccc(O)cc1. The quantitative estimate of drug-likeness (QED) is 0.143. The third kappa shape index (κ3) is 15.6. The van der Waals surface area contributed by atoms with Gasteiger partial charge in [0.15, 0.2) is 0 Å². The first-order valence-corrected chi connectivity index (χ1v) is 11.7. The van der Waals surface area contributed by atoms with E-state index in [1.54, 1.807) is 24.3 Å². The number of aromatic hydroxyl groups is 1. The Kier molecular flexibility index (Phi) is 15.6. The lowest BCUT2D eigenvalue weighted by Crippen LogP contribution is -2.29. The van der Waals surface area contributed by atoms with E-state index in [1.165, 1.54) is 77.0 Å². The van der Waals surface area contributed by atoms with Gasteiger partial charge in [-0.05, 0) is 56.4 Å². The molecule has 0 spiro atoms. The van der Waals surface area contributed by atoms with Crippen LogP contribution in [0.4, 0.5) is 10.5 Å². The van der Waals surface area contributed by atoms with Gasteiger partial charge in [-0.15, -0.1) is 0 Å². The van der Waals surface area contributed by atoms with E-state index in [9.17, 15) is 9.90 Å². The summed E-state index contributed by atoms with van der Waals surface area (Å²) in [4.78, 5) is 11.8. The molecule has 0 radical (unpaired) electrons. The van der Waals surface area contributed by atoms with Gasteiger partial charge in [0.2, 0.25) is 0 Å². The van der Waals surface area contributed by atoms with E-state index in [1.807, 2.05) is 0 Å². The number of hydrogen-bond acceptors (Lipinski definition) is 2. The number of carbonyl (C=O) groups excluding carboxylic acids is 1. The average molecular weight is 403 g/mol. The highest BCUT2D eigenvalue weighted by molar-refractivity contribution is 5.89. The van der Waals surface area contributed by atoms with Gasteiger partial charge in [0, 0.05) is 12.2 Å². The molecule has 164 valence electrons. The summed E-state index contributed by atoms with van der Waals surface area (Å²) in [7, 11) is 0. The van der Waals surface area contributed by atoms with Crippen molar-refractivity contribution in [1.29, 1.82) is 0 Å². The molecule has 0 saturated heterocycles. The van der Waals surface area contributed by atoms with Crippen LogP contribution in [0.1, 0.15) is 96.8 Å². The number of carbonyl (C=O) groups is 1. The topological polar surface area (TPSA) is 61.4 Å². The van der Waals surface area contributed by atoms with Crippen LogP contribution in [0, 0.1) is 0 Å². The van der Waals surface area contributed by atoms with Gasteiger partial charge in [0.1, 0.15) is 5.75 Å². The molecule has 0 saturated carbocycles. The molecular formula is C25H42N2O2. The van der Waals surface area contributed by atoms with Crippen LogP contribution in [0.25, 0.3) is 0 Å². The number of phenolic OH excluding ortho intramolecular Hbond substituents is 1. The summed E-state index contributed by atoms with van der Waals surface area (Å²) in [6.07, 6.45) is 22.8. The number of allylic oxidation sites excluding steroid dienone is 2. The summed E-state index contributed by atoms with van der Waals surface area (Å²) < 4.78 is 0. The fourth-order valence-corrected chi connectivity index (χ4v) is 3.29. The van der Waals surface area contributed by atoms with Gasteiger partial charge in [-0.3, -0.25) is 0 Å². The fraction of sp³-hybridized carbons (Fsp3) is 0.640. The summed E-state index contributed by atoms with van der Waals surface area (Å²) >= 11 is 0. The van der Waals surface area contributed by atoms with Crippen molar-refractivity contribution in [2.75, 3.05) is 11.9 Å². The van der Waals surface area contributed by atoms with E-state index in [-0.39, 0.29) is 11.8 Å². The van der Waals surface area contributed by atoms with Gasteiger partial charge >= 0.3 is 6.03 Å². The lowest BCUT2D eigenvalue weighted by molar-refractivity contribution is 0.252. The number of rotatable bonds is 17. The van der Waals surface area contributed by atoms with E-state index >= 15 is 0 Å². The highest BCUT2D eigenvalue weighted by Crippen LogP contribution is 2.13. The number of anilines is 1. The Balaban J connectivity index is 1.82. The zero-order chi connectivity index (χ0) is 21.0. The molecule has 0 aliphatic carbocycles. The van der Waals surface area contributed by atoms with Crippen molar-refractivity contribution in [2.45, 2.75) is 96.8 Å². The summed E-state index contributed by atoms with van der Waals surface area (Å²) in [6.45, 7) is 2.97. The Labute approximate surface area is 178 Å². The molecule has 1 aromatic rings. The summed E-state index contributed by atoms with van der Waals surface area (Å²) in [5, 5.41) is 14.9. The summed E-state index contributed by atoms with van der Waals surface area (Å²) in [5.41, 5.74) is 0.682. The zero-order valence-electron chi connectivity index (χ0n) is 18.4. The maximum absolute atomic E-state index is 11.8. The minimum Gasteiger partial charge on any atom is -0.508 e. The second-order valence-corrected chi connectivity index (χ2v) is 7.87. The second kappa shape index (κ2) is 18.1. The molecule has 4 heteroatoms. The first-order valence-electron chi connectivity index (χ1n) is 11.7. The smallest absolute Gasteiger partial charge is 0.319 e. The lowest BCUT2D eigenvalue weighted by Gasteiger charge is -2.07. The van der Waals surface area contributed by atoms with Crippen molar-refractivity contribution in [3.05, 3.63) is 36.4 Å². The number of unbranched alkanes of at least 4 members (excludes halogenated alkanes) is 12. The Hall–Kier alpha value is -1.97. The zero-order valence-corrected chi connectivity index (χ0v) is 18.4. The Morgan fingerprint density at radius 1 is 0.793 bits per heavy atom. The molecule has 0 unspecified atom stereocenters. The van der Waals surface area contributed by atoms with Gasteiger partial charge < -0.3 is 15.7 Å². The minimum absolute atomic E-state index is 0.191. The van der Waals surface area contributed by atoms with E-state index < -0.39 is 0 Å². The van der Waals surface area contributed by atoms with Crippen LogP contribution in [0.2, 0.25) is 0 Å². The molecule has 0 aliphatic heterocycles. The monoisotopic (exact) mass is 402 g/mol. The van der Waals surface area contributed by atoms with Crippen molar-refractivity contribution >= 4 is 11.7 Å². The Morgan fingerprint density at radius 3 is 1.90 bits per heavy atom. The van der Waals surface area contributed by atoms with Gasteiger partial charge in [0.25, 0.3) is 0 Å². The van der Waals surface area contributed by atoms with Crippen molar-refractivity contribution in [2.24, 2.45) is 0 Å². The molecule has 4 nitrogen and oxygen atoms in total. The average Bonchev–Trinajstić information content (AvgIpc) is 2.72. The summed E-state index contributed by atoms with van der Waals surface area (Å²) in [5.74, 6) is 0.195.